The number of hydrogen-bond acceptors (Lipinski definition) is 3. The Morgan fingerprint density at radius 2 is 0.881 bits per heavy atom. The van der Waals surface area contributed by atoms with Crippen molar-refractivity contribution in [2.75, 3.05) is 40.5 Å². The highest BCUT2D eigenvalue weighted by atomic mass is 16.5. The van der Waals surface area contributed by atoms with Gasteiger partial charge in [0.05, 0.1) is 12.7 Å². The minimum absolute atomic E-state index is 0.192. The number of hydrogen-bond donors (Lipinski definition) is 0. The first-order valence-corrected chi connectivity index (χ1v) is 18.5. The van der Waals surface area contributed by atoms with Crippen molar-refractivity contribution < 1.29 is 9.47 Å². The Hall–Kier alpha value is -0.900. The molecule has 3 heteroatoms. The molecule has 0 saturated heterocycles. The minimum Gasteiger partial charge on any atom is -0.379 e. The molecular weight excluding hydrogens is 514 g/mol. The number of unbranched alkanes of at least 4 members (excludes halogenated alkanes) is 20. The Morgan fingerprint density at radius 1 is 0.476 bits per heavy atom. The van der Waals surface area contributed by atoms with Crippen LogP contribution in [0, 0.1) is 0 Å². The van der Waals surface area contributed by atoms with Gasteiger partial charge in [-0.05, 0) is 78.3 Å². The van der Waals surface area contributed by atoms with E-state index in [-0.39, 0.29) is 6.10 Å². The van der Waals surface area contributed by atoms with E-state index in [1.165, 1.54) is 154 Å². The smallest absolute Gasteiger partial charge is 0.0934 e. The highest BCUT2D eigenvalue weighted by molar-refractivity contribution is 5.02. The van der Waals surface area contributed by atoms with Crippen molar-refractivity contribution in [2.24, 2.45) is 0 Å². The lowest BCUT2D eigenvalue weighted by molar-refractivity contribution is -0.0287. The molecule has 3 nitrogen and oxygen atoms in total. The summed E-state index contributed by atoms with van der Waals surface area (Å²) in [5.74, 6) is 0. The lowest BCUT2D eigenvalue weighted by atomic mass is 10.1. The van der Waals surface area contributed by atoms with E-state index in [1.54, 1.807) is 0 Å². The molecule has 0 amide bonds. The summed E-state index contributed by atoms with van der Waals surface area (Å²) in [5, 5.41) is 0. The van der Waals surface area contributed by atoms with Gasteiger partial charge in [-0.25, -0.2) is 0 Å². The van der Waals surface area contributed by atoms with Crippen molar-refractivity contribution in [3.05, 3.63) is 36.5 Å². The van der Waals surface area contributed by atoms with Gasteiger partial charge in [0.15, 0.2) is 0 Å². The summed E-state index contributed by atoms with van der Waals surface area (Å²) in [4.78, 5) is 2.22. The maximum atomic E-state index is 6.21. The molecule has 1 atom stereocenters. The van der Waals surface area contributed by atoms with Crippen molar-refractivity contribution in [1.29, 1.82) is 0 Å². The second-order valence-electron chi connectivity index (χ2n) is 12.7. The van der Waals surface area contributed by atoms with Gasteiger partial charge in [-0.1, -0.05) is 140 Å². The zero-order valence-corrected chi connectivity index (χ0v) is 29.1. The van der Waals surface area contributed by atoms with Gasteiger partial charge in [0, 0.05) is 19.8 Å². The molecule has 0 rings (SSSR count). The van der Waals surface area contributed by atoms with Gasteiger partial charge >= 0.3 is 0 Å². The van der Waals surface area contributed by atoms with E-state index < -0.39 is 0 Å². The molecule has 248 valence electrons. The molecule has 0 radical (unpaired) electrons. The fourth-order valence-corrected chi connectivity index (χ4v) is 5.23. The van der Waals surface area contributed by atoms with E-state index in [4.69, 9.17) is 9.47 Å². The van der Waals surface area contributed by atoms with Crippen LogP contribution in [0.1, 0.15) is 168 Å². The topological polar surface area (TPSA) is 21.7 Å². The molecule has 1 unspecified atom stereocenters. The van der Waals surface area contributed by atoms with Gasteiger partial charge in [0.25, 0.3) is 0 Å². The predicted molar refractivity (Wildman–Crippen MR) is 189 cm³/mol. The molecule has 0 fully saturated rings. The summed E-state index contributed by atoms with van der Waals surface area (Å²) in [7, 11) is 4.25. The van der Waals surface area contributed by atoms with Crippen molar-refractivity contribution >= 4 is 0 Å². The summed E-state index contributed by atoms with van der Waals surface area (Å²) in [6.07, 6.45) is 45.7. The van der Waals surface area contributed by atoms with Crippen LogP contribution in [0.4, 0.5) is 0 Å². The first-order valence-electron chi connectivity index (χ1n) is 18.5. The summed E-state index contributed by atoms with van der Waals surface area (Å²) < 4.78 is 12.2. The normalized spacial score (nSPS) is 13.1. The SMILES string of the molecule is CCCCC/C=C\C=C\CCCCCCCCOC(COCCCCCCCC/C=C\CCCCCCC)CN(C)C. The maximum Gasteiger partial charge on any atom is 0.0934 e. The van der Waals surface area contributed by atoms with Crippen LogP contribution in [-0.2, 0) is 9.47 Å². The van der Waals surface area contributed by atoms with E-state index in [1.807, 2.05) is 0 Å². The fourth-order valence-electron chi connectivity index (χ4n) is 5.23. The van der Waals surface area contributed by atoms with Gasteiger partial charge in [0.2, 0.25) is 0 Å². The molecule has 0 aliphatic heterocycles. The molecule has 0 aliphatic carbocycles. The highest BCUT2D eigenvalue weighted by Crippen LogP contribution is 2.11. The monoisotopic (exact) mass is 590 g/mol. The molecular formula is C39H75NO2. The van der Waals surface area contributed by atoms with Crippen LogP contribution in [0.3, 0.4) is 0 Å². The highest BCUT2D eigenvalue weighted by Gasteiger charge is 2.10. The number of likely N-dealkylation sites (N-methyl/N-ethyl adjacent to an activating group) is 1. The van der Waals surface area contributed by atoms with Crippen LogP contribution in [0.15, 0.2) is 36.5 Å². The third-order valence-electron chi connectivity index (χ3n) is 7.90. The fraction of sp³-hybridized carbons (Fsp3) is 0.846. The second kappa shape index (κ2) is 36.3. The van der Waals surface area contributed by atoms with Crippen LogP contribution in [-0.4, -0.2) is 51.5 Å². The molecule has 42 heavy (non-hydrogen) atoms. The van der Waals surface area contributed by atoms with Crippen molar-refractivity contribution in [3.8, 4) is 0 Å². The van der Waals surface area contributed by atoms with Crippen LogP contribution in [0.25, 0.3) is 0 Å². The van der Waals surface area contributed by atoms with Gasteiger partial charge in [0.1, 0.15) is 0 Å². The molecule has 0 aromatic carbocycles. The maximum absolute atomic E-state index is 6.21. The molecule has 0 heterocycles. The zero-order chi connectivity index (χ0) is 30.6. The van der Waals surface area contributed by atoms with Crippen LogP contribution >= 0.6 is 0 Å². The van der Waals surface area contributed by atoms with Gasteiger partial charge in [-0.15, -0.1) is 0 Å². The number of allylic oxidation sites excluding steroid dienone is 6. The molecule has 0 aromatic heterocycles. The molecule has 0 bridgehead atoms. The van der Waals surface area contributed by atoms with E-state index in [0.717, 1.165) is 26.4 Å². The van der Waals surface area contributed by atoms with Crippen LogP contribution < -0.4 is 0 Å². The van der Waals surface area contributed by atoms with Crippen molar-refractivity contribution in [3.63, 3.8) is 0 Å². The van der Waals surface area contributed by atoms with Crippen LogP contribution in [0.2, 0.25) is 0 Å². The lowest BCUT2D eigenvalue weighted by Crippen LogP contribution is -2.32. The largest absolute Gasteiger partial charge is 0.379 e. The van der Waals surface area contributed by atoms with Crippen LogP contribution in [0.5, 0.6) is 0 Å². The van der Waals surface area contributed by atoms with Crippen molar-refractivity contribution in [2.45, 2.75) is 174 Å². The first kappa shape index (κ1) is 41.1. The predicted octanol–water partition coefficient (Wildman–Crippen LogP) is 12.0. The summed E-state index contributed by atoms with van der Waals surface area (Å²) in [5.41, 5.74) is 0. The zero-order valence-electron chi connectivity index (χ0n) is 29.1. The van der Waals surface area contributed by atoms with Gasteiger partial charge in [-0.3, -0.25) is 0 Å². The van der Waals surface area contributed by atoms with Gasteiger partial charge in [-0.2, -0.15) is 0 Å². The second-order valence-corrected chi connectivity index (χ2v) is 12.7. The van der Waals surface area contributed by atoms with E-state index >= 15 is 0 Å². The standard InChI is InChI=1S/C39H75NO2/c1-5-7-9-11-13-15-17-19-21-23-25-27-29-31-33-35-41-38-39(37-40(3)4)42-36-34-32-30-28-26-24-22-20-18-16-14-12-10-8-6-2/h14,16-20,39H,5-13,15,21-38H2,1-4H3/b16-14-,19-17-,20-18+. The Kier molecular flexibility index (Phi) is 35.5. The Balaban J connectivity index is 3.56. The quantitative estimate of drug-likeness (QED) is 0.0423. The number of rotatable bonds is 34. The van der Waals surface area contributed by atoms with E-state index in [9.17, 15) is 0 Å². The third-order valence-corrected chi connectivity index (χ3v) is 7.90. The van der Waals surface area contributed by atoms with Gasteiger partial charge < -0.3 is 14.4 Å². The Labute approximate surface area is 265 Å². The number of nitrogens with zero attached hydrogens (tertiary/aromatic N) is 1. The summed E-state index contributed by atoms with van der Waals surface area (Å²) in [6.45, 7) is 7.95. The lowest BCUT2D eigenvalue weighted by Gasteiger charge is -2.21. The Bertz CT molecular complexity index is 583. The van der Waals surface area contributed by atoms with E-state index in [0.29, 0.717) is 0 Å². The van der Waals surface area contributed by atoms with Crippen molar-refractivity contribution in [1.82, 2.24) is 4.90 Å². The molecule has 0 saturated carbocycles. The summed E-state index contributed by atoms with van der Waals surface area (Å²) in [6, 6.07) is 0. The molecule has 0 N–H and O–H groups in total. The third kappa shape index (κ3) is 35.3. The van der Waals surface area contributed by atoms with E-state index in [2.05, 4.69) is 69.3 Å². The number of ether oxygens (including phenoxy) is 2. The molecule has 0 spiro atoms. The average molecular weight is 590 g/mol. The Morgan fingerprint density at radius 3 is 1.40 bits per heavy atom. The average Bonchev–Trinajstić information content (AvgIpc) is 2.98. The molecule has 0 aliphatic rings. The summed E-state index contributed by atoms with van der Waals surface area (Å²) >= 11 is 0. The first-order chi connectivity index (χ1) is 20.7. The minimum atomic E-state index is 0.192. The molecule has 0 aromatic rings.